The first kappa shape index (κ1) is 14.9. The summed E-state index contributed by atoms with van der Waals surface area (Å²) in [5.41, 5.74) is 1.67. The highest BCUT2D eigenvalue weighted by Crippen LogP contribution is 2.18. The van der Waals surface area contributed by atoms with E-state index in [0.717, 1.165) is 15.6 Å². The van der Waals surface area contributed by atoms with Crippen molar-refractivity contribution in [3.63, 3.8) is 0 Å². The molecule has 2 N–H and O–H groups in total. The van der Waals surface area contributed by atoms with Crippen LogP contribution in [0.25, 0.3) is 0 Å². The lowest BCUT2D eigenvalue weighted by Crippen LogP contribution is -2.20. The molecule has 2 atom stereocenters. The van der Waals surface area contributed by atoms with E-state index in [1.807, 2.05) is 54.6 Å². The van der Waals surface area contributed by atoms with Crippen LogP contribution in [-0.2, 0) is 0 Å². The molecule has 0 aliphatic rings. The van der Waals surface area contributed by atoms with Gasteiger partial charge < -0.3 is 10.2 Å². The second-order valence-corrected chi connectivity index (χ2v) is 5.35. The molecule has 20 heavy (non-hydrogen) atoms. The molecule has 2 aromatic carbocycles. The molecule has 0 aromatic heterocycles. The quantitative estimate of drug-likeness (QED) is 0.826. The predicted molar refractivity (Wildman–Crippen MR) is 84.0 cm³/mol. The lowest BCUT2D eigenvalue weighted by molar-refractivity contribution is 0.111. The van der Waals surface area contributed by atoms with Crippen molar-refractivity contribution in [3.8, 4) is 0 Å². The van der Waals surface area contributed by atoms with Crippen LogP contribution in [0, 0.1) is 0 Å². The van der Waals surface area contributed by atoms with Gasteiger partial charge in [0.05, 0.1) is 6.61 Å². The summed E-state index contributed by atoms with van der Waals surface area (Å²) in [7, 11) is 0. The highest BCUT2D eigenvalue weighted by atomic mass is 79.9. The summed E-state index contributed by atoms with van der Waals surface area (Å²) in [6, 6.07) is 16.3. The maximum Gasteiger partial charge on any atom is 0.104 e. The molecular weight excluding hydrogens is 318 g/mol. The lowest BCUT2D eigenvalue weighted by atomic mass is 10.0. The third-order valence-corrected chi connectivity index (χ3v) is 3.51. The molecule has 4 heteroatoms. The first-order chi connectivity index (χ1) is 9.70. The smallest absolute Gasteiger partial charge is 0.104 e. The molecule has 0 fully saturated rings. The van der Waals surface area contributed by atoms with Gasteiger partial charge in [0.15, 0.2) is 0 Å². The van der Waals surface area contributed by atoms with Crippen LogP contribution in [0.5, 0.6) is 0 Å². The van der Waals surface area contributed by atoms with Crippen molar-refractivity contribution in [1.29, 1.82) is 0 Å². The molecule has 2 aromatic rings. The number of hydrogen-bond acceptors (Lipinski definition) is 3. The number of rotatable bonds is 5. The Morgan fingerprint density at radius 3 is 2.30 bits per heavy atom. The molecule has 0 aliphatic carbocycles. The van der Waals surface area contributed by atoms with E-state index in [4.69, 9.17) is 0 Å². The van der Waals surface area contributed by atoms with Gasteiger partial charge in [-0.1, -0.05) is 58.4 Å². The number of aliphatic hydroxyl groups is 2. The molecule has 0 radical (unpaired) electrons. The first-order valence-corrected chi connectivity index (χ1v) is 7.12. The standard InChI is InChI=1S/C16H16BrNO2/c17-14-8-6-12(7-9-14)10-18-15(11-19)16(20)13-4-2-1-3-5-13/h1-10,15-16,19-20H,11H2/t15-,16?/m0/s1. The molecule has 0 aliphatic heterocycles. The molecule has 0 saturated carbocycles. The Morgan fingerprint density at radius 1 is 1.05 bits per heavy atom. The average molecular weight is 334 g/mol. The van der Waals surface area contributed by atoms with Gasteiger partial charge in [0.25, 0.3) is 0 Å². The van der Waals surface area contributed by atoms with Crippen molar-refractivity contribution in [2.45, 2.75) is 12.1 Å². The highest BCUT2D eigenvalue weighted by Gasteiger charge is 2.18. The van der Waals surface area contributed by atoms with E-state index in [1.54, 1.807) is 6.21 Å². The van der Waals surface area contributed by atoms with Gasteiger partial charge in [0.2, 0.25) is 0 Å². The van der Waals surface area contributed by atoms with E-state index < -0.39 is 12.1 Å². The summed E-state index contributed by atoms with van der Waals surface area (Å²) < 4.78 is 0.998. The van der Waals surface area contributed by atoms with Gasteiger partial charge in [-0.05, 0) is 23.3 Å². The van der Waals surface area contributed by atoms with Gasteiger partial charge in [-0.25, -0.2) is 0 Å². The molecule has 1 unspecified atom stereocenters. The minimum atomic E-state index is -0.812. The maximum absolute atomic E-state index is 10.2. The van der Waals surface area contributed by atoms with Gasteiger partial charge >= 0.3 is 0 Å². The average Bonchev–Trinajstić information content (AvgIpc) is 2.50. The Bertz CT molecular complexity index is 554. The summed E-state index contributed by atoms with van der Waals surface area (Å²) in [5.74, 6) is 0. The lowest BCUT2D eigenvalue weighted by Gasteiger charge is -2.17. The molecule has 0 amide bonds. The SMILES string of the molecule is OC[C@H](N=Cc1ccc(Br)cc1)C(O)c1ccccc1. The normalized spacial score (nSPS) is 14.3. The van der Waals surface area contributed by atoms with Crippen LogP contribution in [0.1, 0.15) is 17.2 Å². The van der Waals surface area contributed by atoms with Crippen LogP contribution in [0.15, 0.2) is 64.1 Å². The molecule has 2 rings (SSSR count). The Labute approximate surface area is 126 Å². The molecule has 0 spiro atoms. The molecule has 3 nitrogen and oxygen atoms in total. The van der Waals surface area contributed by atoms with Crippen molar-refractivity contribution in [2.75, 3.05) is 6.61 Å². The number of nitrogens with zero attached hydrogens (tertiary/aromatic N) is 1. The van der Waals surface area contributed by atoms with Gasteiger partial charge in [0, 0.05) is 10.7 Å². The van der Waals surface area contributed by atoms with Gasteiger partial charge in [0.1, 0.15) is 12.1 Å². The second kappa shape index (κ2) is 7.33. The van der Waals surface area contributed by atoms with Crippen molar-refractivity contribution < 1.29 is 10.2 Å². The van der Waals surface area contributed by atoms with Crippen molar-refractivity contribution >= 4 is 22.1 Å². The zero-order chi connectivity index (χ0) is 14.4. The van der Waals surface area contributed by atoms with Gasteiger partial charge in [-0.15, -0.1) is 0 Å². The monoisotopic (exact) mass is 333 g/mol. The predicted octanol–water partition coefficient (Wildman–Crippen LogP) is 2.96. The zero-order valence-corrected chi connectivity index (χ0v) is 12.4. The number of halogens is 1. The summed E-state index contributed by atoms with van der Waals surface area (Å²) in [4.78, 5) is 4.28. The highest BCUT2D eigenvalue weighted by molar-refractivity contribution is 9.10. The fourth-order valence-corrected chi connectivity index (χ4v) is 2.10. The number of aliphatic imine (C=N–C) groups is 1. The first-order valence-electron chi connectivity index (χ1n) is 6.33. The molecule has 0 saturated heterocycles. The minimum absolute atomic E-state index is 0.205. The van der Waals surface area contributed by atoms with E-state index in [9.17, 15) is 10.2 Å². The Kier molecular flexibility index (Phi) is 5.47. The topological polar surface area (TPSA) is 52.8 Å². The second-order valence-electron chi connectivity index (χ2n) is 4.44. The number of aliphatic hydroxyl groups excluding tert-OH is 2. The van der Waals surface area contributed by atoms with Crippen LogP contribution < -0.4 is 0 Å². The molecule has 0 heterocycles. The van der Waals surface area contributed by atoms with Crippen LogP contribution >= 0.6 is 15.9 Å². The molecule has 104 valence electrons. The van der Waals surface area contributed by atoms with Gasteiger partial charge in [-0.2, -0.15) is 0 Å². The third-order valence-electron chi connectivity index (χ3n) is 2.98. The minimum Gasteiger partial charge on any atom is -0.394 e. The Balaban J connectivity index is 2.10. The zero-order valence-electron chi connectivity index (χ0n) is 10.9. The van der Waals surface area contributed by atoms with E-state index in [2.05, 4.69) is 20.9 Å². The van der Waals surface area contributed by atoms with Crippen molar-refractivity contribution in [2.24, 2.45) is 4.99 Å². The van der Waals surface area contributed by atoms with Crippen LogP contribution in [0.3, 0.4) is 0 Å². The summed E-state index contributed by atoms with van der Waals surface area (Å²) in [5, 5.41) is 19.6. The number of hydrogen-bond donors (Lipinski definition) is 2. The summed E-state index contributed by atoms with van der Waals surface area (Å²) in [6.45, 7) is -0.205. The van der Waals surface area contributed by atoms with Crippen LogP contribution in [-0.4, -0.2) is 29.1 Å². The molecule has 0 bridgehead atoms. The fourth-order valence-electron chi connectivity index (χ4n) is 1.83. The van der Waals surface area contributed by atoms with Gasteiger partial charge in [-0.3, -0.25) is 4.99 Å². The van der Waals surface area contributed by atoms with Crippen LogP contribution in [0.4, 0.5) is 0 Å². The van der Waals surface area contributed by atoms with E-state index in [-0.39, 0.29) is 6.61 Å². The molecular formula is C16H16BrNO2. The van der Waals surface area contributed by atoms with E-state index in [0.29, 0.717) is 0 Å². The van der Waals surface area contributed by atoms with Crippen molar-refractivity contribution in [3.05, 3.63) is 70.2 Å². The Morgan fingerprint density at radius 2 is 1.70 bits per heavy atom. The third kappa shape index (κ3) is 4.00. The van der Waals surface area contributed by atoms with E-state index in [1.165, 1.54) is 0 Å². The fraction of sp³-hybridized carbons (Fsp3) is 0.188. The summed E-state index contributed by atoms with van der Waals surface area (Å²) in [6.07, 6.45) is 0.854. The summed E-state index contributed by atoms with van der Waals surface area (Å²) >= 11 is 3.37. The Hall–Kier alpha value is -1.49. The number of benzene rings is 2. The van der Waals surface area contributed by atoms with E-state index >= 15 is 0 Å². The largest absolute Gasteiger partial charge is 0.394 e. The van der Waals surface area contributed by atoms with Crippen LogP contribution in [0.2, 0.25) is 0 Å². The van der Waals surface area contributed by atoms with Crippen molar-refractivity contribution in [1.82, 2.24) is 0 Å². The maximum atomic E-state index is 10.2.